The van der Waals surface area contributed by atoms with E-state index in [1.807, 2.05) is 20.8 Å². The summed E-state index contributed by atoms with van der Waals surface area (Å²) in [5, 5.41) is 12.6. The lowest BCUT2D eigenvalue weighted by Crippen LogP contribution is -2.12. The predicted molar refractivity (Wildman–Crippen MR) is 82.4 cm³/mol. The zero-order chi connectivity index (χ0) is 15.7. The Hall–Kier alpha value is -1.59. The van der Waals surface area contributed by atoms with Crippen molar-refractivity contribution in [2.75, 3.05) is 18.5 Å². The Morgan fingerprint density at radius 2 is 2.14 bits per heavy atom. The fraction of sp³-hybridized carbons (Fsp3) is 0.562. The van der Waals surface area contributed by atoms with Gasteiger partial charge in [-0.3, -0.25) is 4.79 Å². The molecular formula is C16H25NO4. The summed E-state index contributed by atoms with van der Waals surface area (Å²) in [6, 6.07) is 4.97. The highest BCUT2D eigenvalue weighted by molar-refractivity contribution is 5.90. The molecule has 0 heterocycles. The van der Waals surface area contributed by atoms with Crippen LogP contribution in [0.5, 0.6) is 5.75 Å². The van der Waals surface area contributed by atoms with Crippen LogP contribution in [0.3, 0.4) is 0 Å². The number of anilines is 1. The largest absolute Gasteiger partial charge is 0.508 e. The number of phenolic OH excluding ortho intramolecular Hbond substituents is 1. The number of hydrogen-bond acceptors (Lipinski definition) is 4. The van der Waals surface area contributed by atoms with Gasteiger partial charge in [0.2, 0.25) is 5.91 Å². The number of carbonyl (C=O) groups is 1. The fourth-order valence-electron chi connectivity index (χ4n) is 1.74. The molecule has 0 aliphatic carbocycles. The summed E-state index contributed by atoms with van der Waals surface area (Å²) >= 11 is 0. The van der Waals surface area contributed by atoms with Crippen LogP contribution in [0.15, 0.2) is 18.2 Å². The molecule has 0 aliphatic rings. The van der Waals surface area contributed by atoms with E-state index in [9.17, 15) is 9.90 Å². The molecule has 0 saturated heterocycles. The molecule has 0 radical (unpaired) electrons. The summed E-state index contributed by atoms with van der Waals surface area (Å²) in [5.74, 6) is 0.112. The highest BCUT2D eigenvalue weighted by Crippen LogP contribution is 2.22. The highest BCUT2D eigenvalue weighted by Gasteiger charge is 2.07. The fourth-order valence-corrected chi connectivity index (χ4v) is 1.74. The molecule has 0 aromatic heterocycles. The maximum Gasteiger partial charge on any atom is 0.224 e. The van der Waals surface area contributed by atoms with Gasteiger partial charge in [0, 0.05) is 30.9 Å². The third-order valence-electron chi connectivity index (χ3n) is 2.83. The van der Waals surface area contributed by atoms with Gasteiger partial charge < -0.3 is 19.9 Å². The van der Waals surface area contributed by atoms with E-state index in [1.54, 1.807) is 18.2 Å². The van der Waals surface area contributed by atoms with Crippen molar-refractivity contribution in [3.05, 3.63) is 23.8 Å². The van der Waals surface area contributed by atoms with Crippen molar-refractivity contribution in [1.29, 1.82) is 0 Å². The molecule has 2 N–H and O–H groups in total. The van der Waals surface area contributed by atoms with E-state index in [-0.39, 0.29) is 17.8 Å². The molecule has 0 aliphatic heterocycles. The molecule has 21 heavy (non-hydrogen) atoms. The van der Waals surface area contributed by atoms with Crippen LogP contribution in [0.4, 0.5) is 5.69 Å². The van der Waals surface area contributed by atoms with Crippen LogP contribution < -0.4 is 5.32 Å². The molecule has 1 aromatic rings. The number of ether oxygens (including phenoxy) is 2. The van der Waals surface area contributed by atoms with Crippen molar-refractivity contribution >= 4 is 11.6 Å². The minimum atomic E-state index is -0.0591. The minimum Gasteiger partial charge on any atom is -0.508 e. The number of hydrogen-bond donors (Lipinski definition) is 2. The predicted octanol–water partition coefficient (Wildman–Crippen LogP) is 3.07. The van der Waals surface area contributed by atoms with Gasteiger partial charge in [0.05, 0.1) is 12.7 Å². The zero-order valence-electron chi connectivity index (χ0n) is 13.0. The molecule has 1 amide bonds. The van der Waals surface area contributed by atoms with E-state index in [4.69, 9.17) is 9.47 Å². The molecule has 0 spiro atoms. The lowest BCUT2D eigenvalue weighted by Gasteiger charge is -2.11. The normalized spacial score (nSPS) is 10.9. The van der Waals surface area contributed by atoms with Gasteiger partial charge in [-0.1, -0.05) is 0 Å². The molecule has 0 saturated carbocycles. The van der Waals surface area contributed by atoms with Gasteiger partial charge in [-0.25, -0.2) is 0 Å². The summed E-state index contributed by atoms with van der Waals surface area (Å²) in [6.07, 6.45) is 1.20. The van der Waals surface area contributed by atoms with Gasteiger partial charge in [-0.2, -0.15) is 0 Å². The Balaban J connectivity index is 2.51. The monoisotopic (exact) mass is 295 g/mol. The smallest absolute Gasteiger partial charge is 0.224 e. The van der Waals surface area contributed by atoms with Gasteiger partial charge >= 0.3 is 0 Å². The number of benzene rings is 1. The van der Waals surface area contributed by atoms with Crippen LogP contribution in [-0.4, -0.2) is 30.3 Å². The van der Waals surface area contributed by atoms with Gasteiger partial charge in [0.25, 0.3) is 0 Å². The number of amides is 1. The van der Waals surface area contributed by atoms with Crippen LogP contribution >= 0.6 is 0 Å². The molecule has 0 fully saturated rings. The summed E-state index contributed by atoms with van der Waals surface area (Å²) in [6.45, 7) is 7.36. The third kappa shape index (κ3) is 7.11. The first kappa shape index (κ1) is 17.5. The SMILES string of the molecule is CCOCCCC(=O)Nc1ccc(O)c(COC(C)C)c1. The molecule has 0 bridgehead atoms. The molecule has 5 nitrogen and oxygen atoms in total. The average Bonchev–Trinajstić information content (AvgIpc) is 2.44. The molecule has 118 valence electrons. The Labute approximate surface area is 126 Å². The Morgan fingerprint density at radius 1 is 1.38 bits per heavy atom. The summed E-state index contributed by atoms with van der Waals surface area (Å²) in [4.78, 5) is 11.8. The standard InChI is InChI=1S/C16H25NO4/c1-4-20-9-5-6-16(19)17-14-7-8-15(18)13(10-14)11-21-12(2)3/h7-8,10,12,18H,4-6,9,11H2,1-3H3,(H,17,19). The number of aromatic hydroxyl groups is 1. The maximum atomic E-state index is 11.8. The van der Waals surface area contributed by atoms with E-state index < -0.39 is 0 Å². The third-order valence-corrected chi connectivity index (χ3v) is 2.83. The first-order chi connectivity index (χ1) is 10.0. The quantitative estimate of drug-likeness (QED) is 0.542. The summed E-state index contributed by atoms with van der Waals surface area (Å²) < 4.78 is 10.7. The van der Waals surface area contributed by atoms with Crippen LogP contribution in [0.1, 0.15) is 39.2 Å². The van der Waals surface area contributed by atoms with Crippen molar-refractivity contribution in [3.63, 3.8) is 0 Å². The molecular weight excluding hydrogens is 270 g/mol. The van der Waals surface area contributed by atoms with Crippen molar-refractivity contribution in [2.45, 2.75) is 46.3 Å². The first-order valence-electron chi connectivity index (χ1n) is 7.34. The number of phenols is 1. The molecule has 1 rings (SSSR count). The van der Waals surface area contributed by atoms with Crippen LogP contribution in [0, 0.1) is 0 Å². The number of rotatable bonds is 9. The van der Waals surface area contributed by atoms with E-state index >= 15 is 0 Å². The first-order valence-corrected chi connectivity index (χ1v) is 7.34. The Morgan fingerprint density at radius 3 is 2.81 bits per heavy atom. The maximum absolute atomic E-state index is 11.8. The van der Waals surface area contributed by atoms with Crippen molar-refractivity contribution < 1.29 is 19.4 Å². The van der Waals surface area contributed by atoms with E-state index in [0.29, 0.717) is 43.9 Å². The second-order valence-electron chi connectivity index (χ2n) is 5.05. The van der Waals surface area contributed by atoms with Gasteiger partial charge in [0.15, 0.2) is 0 Å². The molecule has 0 atom stereocenters. The molecule has 1 aromatic carbocycles. The molecule has 5 heteroatoms. The average molecular weight is 295 g/mol. The lowest BCUT2D eigenvalue weighted by atomic mass is 10.2. The number of nitrogens with one attached hydrogen (secondary N) is 1. The van der Waals surface area contributed by atoms with Crippen LogP contribution in [0.25, 0.3) is 0 Å². The molecule has 0 unspecified atom stereocenters. The van der Waals surface area contributed by atoms with Crippen molar-refractivity contribution in [2.24, 2.45) is 0 Å². The summed E-state index contributed by atoms with van der Waals surface area (Å²) in [5.41, 5.74) is 1.33. The second kappa shape index (κ2) is 9.37. The topological polar surface area (TPSA) is 67.8 Å². The van der Waals surface area contributed by atoms with E-state index in [1.165, 1.54) is 0 Å². The van der Waals surface area contributed by atoms with E-state index in [0.717, 1.165) is 0 Å². The highest BCUT2D eigenvalue weighted by atomic mass is 16.5. The van der Waals surface area contributed by atoms with Gasteiger partial charge in [-0.15, -0.1) is 0 Å². The van der Waals surface area contributed by atoms with Crippen molar-refractivity contribution in [3.8, 4) is 5.75 Å². The number of carbonyl (C=O) groups excluding carboxylic acids is 1. The lowest BCUT2D eigenvalue weighted by molar-refractivity contribution is -0.116. The van der Waals surface area contributed by atoms with Gasteiger partial charge in [-0.05, 0) is 45.4 Å². The van der Waals surface area contributed by atoms with Crippen molar-refractivity contribution in [1.82, 2.24) is 0 Å². The second-order valence-corrected chi connectivity index (χ2v) is 5.05. The van der Waals surface area contributed by atoms with Crippen LogP contribution in [-0.2, 0) is 20.9 Å². The Kier molecular flexibility index (Phi) is 7.79. The zero-order valence-corrected chi connectivity index (χ0v) is 13.0. The summed E-state index contributed by atoms with van der Waals surface area (Å²) in [7, 11) is 0. The van der Waals surface area contributed by atoms with Gasteiger partial charge in [0.1, 0.15) is 5.75 Å². The van der Waals surface area contributed by atoms with E-state index in [2.05, 4.69) is 5.32 Å². The minimum absolute atomic E-state index is 0.0591. The Bertz CT molecular complexity index is 446. The van der Waals surface area contributed by atoms with Crippen LogP contribution in [0.2, 0.25) is 0 Å².